The first-order valence-electron chi connectivity index (χ1n) is 5.82. The van der Waals surface area contributed by atoms with E-state index in [-0.39, 0.29) is 13.2 Å². The van der Waals surface area contributed by atoms with E-state index in [1.165, 1.54) is 20.4 Å². The van der Waals surface area contributed by atoms with Crippen LogP contribution >= 0.6 is 7.14 Å². The van der Waals surface area contributed by atoms with Crippen molar-refractivity contribution in [2.24, 2.45) is 0 Å². The largest absolute Gasteiger partial charge is 0.467 e. The minimum Gasteiger partial charge on any atom is -0.467 e. The number of hydrogen-bond acceptors (Lipinski definition) is 5. The lowest BCUT2D eigenvalue weighted by Crippen LogP contribution is -2.25. The fourth-order valence-corrected chi connectivity index (χ4v) is 2.67. The van der Waals surface area contributed by atoms with Crippen LogP contribution in [0.5, 0.6) is 0 Å². The maximum absolute atomic E-state index is 12.0. The molecule has 5 nitrogen and oxygen atoms in total. The maximum atomic E-state index is 12.0. The summed E-state index contributed by atoms with van der Waals surface area (Å²) >= 11 is 0. The van der Waals surface area contributed by atoms with E-state index >= 15 is 0 Å². The lowest BCUT2D eigenvalue weighted by Gasteiger charge is -2.20. The minimum atomic E-state index is -2.77. The van der Waals surface area contributed by atoms with Gasteiger partial charge in [-0.15, -0.1) is 0 Å². The van der Waals surface area contributed by atoms with Gasteiger partial charge in [-0.2, -0.15) is 0 Å². The molecule has 0 spiro atoms. The first kappa shape index (κ1) is 15.9. The standard InChI is InChI=1S/C13H19O5P/c1-17-12(15)13(19(2,3)16)18-9-11-7-5-4-6-10(11)8-14/h4-7,13-14H,8-9H2,1-3H3. The van der Waals surface area contributed by atoms with Gasteiger partial charge in [-0.3, -0.25) is 0 Å². The van der Waals surface area contributed by atoms with E-state index in [2.05, 4.69) is 4.74 Å². The second-order valence-electron chi connectivity index (χ2n) is 4.55. The molecular formula is C13H19O5P. The molecule has 106 valence electrons. The fourth-order valence-electron chi connectivity index (χ4n) is 1.62. The van der Waals surface area contributed by atoms with Gasteiger partial charge in [0, 0.05) is 0 Å². The van der Waals surface area contributed by atoms with Crippen LogP contribution in [0.25, 0.3) is 0 Å². The predicted molar refractivity (Wildman–Crippen MR) is 72.4 cm³/mol. The van der Waals surface area contributed by atoms with Crippen molar-refractivity contribution in [2.75, 3.05) is 20.4 Å². The molecule has 0 saturated carbocycles. The van der Waals surface area contributed by atoms with Crippen molar-refractivity contribution < 1.29 is 23.9 Å². The Morgan fingerprint density at radius 1 is 1.32 bits per heavy atom. The van der Waals surface area contributed by atoms with Gasteiger partial charge in [0.25, 0.3) is 0 Å². The van der Waals surface area contributed by atoms with Crippen LogP contribution in [0.15, 0.2) is 24.3 Å². The Kier molecular flexibility index (Phi) is 5.73. The Balaban J connectivity index is 2.82. The van der Waals surface area contributed by atoms with Crippen molar-refractivity contribution in [1.82, 2.24) is 0 Å². The van der Waals surface area contributed by atoms with E-state index in [1.54, 1.807) is 18.2 Å². The SMILES string of the molecule is COC(=O)C(OCc1ccccc1CO)P(C)(C)=O. The highest BCUT2D eigenvalue weighted by Crippen LogP contribution is 2.44. The number of ether oxygens (including phenoxy) is 2. The molecule has 1 aromatic rings. The highest BCUT2D eigenvalue weighted by atomic mass is 31.2. The molecule has 6 heteroatoms. The summed E-state index contributed by atoms with van der Waals surface area (Å²) in [6, 6.07) is 7.17. The topological polar surface area (TPSA) is 72.8 Å². The molecular weight excluding hydrogens is 267 g/mol. The Morgan fingerprint density at radius 2 is 1.89 bits per heavy atom. The van der Waals surface area contributed by atoms with Crippen molar-refractivity contribution in [3.05, 3.63) is 35.4 Å². The molecule has 0 aliphatic rings. The molecule has 0 fully saturated rings. The monoisotopic (exact) mass is 286 g/mol. The van der Waals surface area contributed by atoms with E-state index in [9.17, 15) is 14.5 Å². The predicted octanol–water partition coefficient (Wildman–Crippen LogP) is 1.82. The van der Waals surface area contributed by atoms with Gasteiger partial charge < -0.3 is 19.1 Å². The van der Waals surface area contributed by atoms with Gasteiger partial charge in [0.1, 0.15) is 7.14 Å². The summed E-state index contributed by atoms with van der Waals surface area (Å²) < 4.78 is 22.1. The third-order valence-corrected chi connectivity index (χ3v) is 4.14. The fraction of sp³-hybridized carbons (Fsp3) is 0.462. The number of aliphatic hydroxyl groups excluding tert-OH is 1. The van der Waals surface area contributed by atoms with E-state index < -0.39 is 19.0 Å². The normalized spacial score (nSPS) is 13.1. The molecule has 1 aromatic carbocycles. The number of rotatable bonds is 6. The average molecular weight is 286 g/mol. The van der Waals surface area contributed by atoms with Gasteiger partial charge in [0.2, 0.25) is 5.85 Å². The number of hydrogen-bond donors (Lipinski definition) is 1. The van der Waals surface area contributed by atoms with Crippen LogP contribution in [0.3, 0.4) is 0 Å². The molecule has 1 unspecified atom stereocenters. The summed E-state index contributed by atoms with van der Waals surface area (Å²) in [5.41, 5.74) is 1.47. The lowest BCUT2D eigenvalue weighted by atomic mass is 10.1. The van der Waals surface area contributed by atoms with Gasteiger partial charge in [-0.1, -0.05) is 24.3 Å². The van der Waals surface area contributed by atoms with Crippen molar-refractivity contribution in [1.29, 1.82) is 0 Å². The van der Waals surface area contributed by atoms with Crippen LogP contribution in [-0.4, -0.2) is 37.4 Å². The van der Waals surface area contributed by atoms with Gasteiger partial charge in [-0.05, 0) is 24.5 Å². The first-order valence-corrected chi connectivity index (χ1v) is 8.49. The van der Waals surface area contributed by atoms with E-state index in [0.717, 1.165) is 5.56 Å². The average Bonchev–Trinajstić information content (AvgIpc) is 2.37. The number of carbonyl (C=O) groups excluding carboxylic acids is 1. The summed E-state index contributed by atoms with van der Waals surface area (Å²) in [6.45, 7) is 2.94. The van der Waals surface area contributed by atoms with Gasteiger partial charge in [-0.25, -0.2) is 4.79 Å². The first-order chi connectivity index (χ1) is 8.90. The summed E-state index contributed by atoms with van der Waals surface area (Å²) in [6.07, 6.45) is 0. The maximum Gasteiger partial charge on any atom is 0.342 e. The summed E-state index contributed by atoms with van der Waals surface area (Å²) in [4.78, 5) is 11.6. The zero-order valence-electron chi connectivity index (χ0n) is 11.3. The minimum absolute atomic E-state index is 0.0994. The summed E-state index contributed by atoms with van der Waals surface area (Å²) in [5, 5.41) is 9.20. The summed E-state index contributed by atoms with van der Waals surface area (Å²) in [5.74, 6) is -1.72. The molecule has 0 bridgehead atoms. The molecule has 0 aromatic heterocycles. The molecule has 1 N–H and O–H groups in total. The van der Waals surface area contributed by atoms with E-state index in [0.29, 0.717) is 5.56 Å². The lowest BCUT2D eigenvalue weighted by molar-refractivity contribution is -0.149. The van der Waals surface area contributed by atoms with Crippen LogP contribution in [0, 0.1) is 0 Å². The second-order valence-corrected chi connectivity index (χ2v) is 7.88. The Morgan fingerprint density at radius 3 is 2.37 bits per heavy atom. The third-order valence-electron chi connectivity index (χ3n) is 2.65. The second kappa shape index (κ2) is 6.85. The van der Waals surface area contributed by atoms with Crippen LogP contribution in [0.1, 0.15) is 11.1 Å². The Bertz CT molecular complexity index is 480. The van der Waals surface area contributed by atoms with Crippen molar-refractivity contribution in [3.63, 3.8) is 0 Å². The van der Waals surface area contributed by atoms with Crippen molar-refractivity contribution in [2.45, 2.75) is 19.1 Å². The zero-order valence-corrected chi connectivity index (χ0v) is 12.2. The Labute approximate surface area is 112 Å². The van der Waals surface area contributed by atoms with Crippen LogP contribution in [0.2, 0.25) is 0 Å². The van der Waals surface area contributed by atoms with Gasteiger partial charge in [0.15, 0.2) is 0 Å². The Hall–Kier alpha value is -1.16. The zero-order chi connectivity index (χ0) is 14.5. The highest BCUT2D eigenvalue weighted by Gasteiger charge is 2.32. The molecule has 0 saturated heterocycles. The van der Waals surface area contributed by atoms with Crippen LogP contribution < -0.4 is 0 Å². The highest BCUT2D eigenvalue weighted by molar-refractivity contribution is 7.63. The molecule has 0 aliphatic carbocycles. The van der Waals surface area contributed by atoms with Gasteiger partial charge >= 0.3 is 5.97 Å². The number of methoxy groups -OCH3 is 1. The van der Waals surface area contributed by atoms with Crippen molar-refractivity contribution >= 4 is 13.1 Å². The van der Waals surface area contributed by atoms with E-state index in [1.807, 2.05) is 6.07 Å². The van der Waals surface area contributed by atoms with E-state index in [4.69, 9.17) is 4.74 Å². The number of esters is 1. The third kappa shape index (κ3) is 4.46. The number of benzene rings is 1. The van der Waals surface area contributed by atoms with Crippen molar-refractivity contribution in [3.8, 4) is 0 Å². The molecule has 19 heavy (non-hydrogen) atoms. The molecule has 0 radical (unpaired) electrons. The quantitative estimate of drug-likeness (QED) is 0.638. The summed E-state index contributed by atoms with van der Waals surface area (Å²) in [7, 11) is -1.54. The molecule has 0 aliphatic heterocycles. The molecule has 1 rings (SSSR count). The number of aliphatic hydroxyl groups is 1. The van der Waals surface area contributed by atoms with Gasteiger partial charge in [0.05, 0.1) is 20.3 Å². The smallest absolute Gasteiger partial charge is 0.342 e. The number of carbonyl (C=O) groups is 1. The van der Waals surface area contributed by atoms with Crippen LogP contribution in [-0.2, 0) is 32.0 Å². The molecule has 0 amide bonds. The molecule has 1 atom stereocenters. The molecule has 0 heterocycles. The van der Waals surface area contributed by atoms with Crippen LogP contribution in [0.4, 0.5) is 0 Å².